The van der Waals surface area contributed by atoms with E-state index in [0.717, 1.165) is 42.9 Å². The molecule has 0 aromatic carbocycles. The Morgan fingerprint density at radius 1 is 1.08 bits per heavy atom. The second-order valence-corrected chi connectivity index (χ2v) is 8.26. The fourth-order valence-corrected chi connectivity index (χ4v) is 3.74. The monoisotopic (exact) mass is 517 g/mol. The topological polar surface area (TPSA) is 102 Å². The van der Waals surface area contributed by atoms with Gasteiger partial charge in [0.1, 0.15) is 17.4 Å². The van der Waals surface area contributed by atoms with Crippen molar-refractivity contribution in [3.63, 3.8) is 0 Å². The molecule has 4 heterocycles. The first-order valence-corrected chi connectivity index (χ1v) is 11.0. The third-order valence-electron chi connectivity index (χ3n) is 5.60. The van der Waals surface area contributed by atoms with E-state index in [4.69, 9.17) is 4.52 Å². The Morgan fingerprint density at radius 3 is 2.44 bits per heavy atom. The van der Waals surface area contributed by atoms with Crippen LogP contribution >= 0.6 is 0 Å². The highest BCUT2D eigenvalue weighted by molar-refractivity contribution is 5.93. The number of hydrogen-bond acceptors (Lipinski definition) is 7. The maximum absolute atomic E-state index is 13.3. The number of hydrogen-bond donors (Lipinski definition) is 1. The molecule has 0 bridgehead atoms. The molecule has 0 aliphatic carbocycles. The Bertz CT molecular complexity index is 1210. The van der Waals surface area contributed by atoms with E-state index in [1.165, 1.54) is 13.0 Å². The van der Waals surface area contributed by atoms with Crippen molar-refractivity contribution >= 4 is 5.91 Å². The number of carbonyl (C=O) groups excluding carboxylic acids is 1. The van der Waals surface area contributed by atoms with Crippen LogP contribution in [0.1, 0.15) is 53.6 Å². The summed E-state index contributed by atoms with van der Waals surface area (Å²) in [5.74, 6) is -1.17. The molecule has 4 rings (SSSR count). The number of alkyl halides is 6. The van der Waals surface area contributed by atoms with Gasteiger partial charge in [0.25, 0.3) is 5.91 Å². The van der Waals surface area contributed by atoms with Crippen LogP contribution in [0.25, 0.3) is 11.4 Å². The van der Waals surface area contributed by atoms with Crippen molar-refractivity contribution < 1.29 is 35.7 Å². The van der Waals surface area contributed by atoms with Gasteiger partial charge in [0, 0.05) is 24.4 Å². The highest BCUT2D eigenvalue weighted by Crippen LogP contribution is 2.31. The number of pyridine rings is 1. The first kappa shape index (κ1) is 25.6. The third kappa shape index (κ3) is 5.83. The first-order valence-electron chi connectivity index (χ1n) is 11.0. The Morgan fingerprint density at radius 2 is 1.78 bits per heavy atom. The fraction of sp³-hybridized carbons (Fsp3) is 0.476. The van der Waals surface area contributed by atoms with Crippen molar-refractivity contribution in [3.8, 4) is 11.4 Å². The second-order valence-electron chi connectivity index (χ2n) is 8.26. The molecule has 1 unspecified atom stereocenters. The molecule has 3 aromatic rings. The largest absolute Gasteiger partial charge is 0.435 e. The number of halogens is 6. The minimum atomic E-state index is -4.74. The predicted octanol–water partition coefficient (Wildman–Crippen LogP) is 3.95. The molecule has 1 aliphatic rings. The van der Waals surface area contributed by atoms with Crippen molar-refractivity contribution in [2.24, 2.45) is 0 Å². The van der Waals surface area contributed by atoms with Crippen molar-refractivity contribution in [2.45, 2.75) is 44.7 Å². The molecule has 3 aromatic heterocycles. The SMILES string of the molecule is CC(NC(=O)c1cc(C(F)(F)F)nn1CCN1CCCC1)c1nc(-c2ccnc(C(F)(F)F)c2)no1. The number of carbonyl (C=O) groups is 1. The van der Waals surface area contributed by atoms with E-state index in [0.29, 0.717) is 12.6 Å². The van der Waals surface area contributed by atoms with Gasteiger partial charge in [-0.3, -0.25) is 14.5 Å². The van der Waals surface area contributed by atoms with E-state index in [9.17, 15) is 31.1 Å². The zero-order chi connectivity index (χ0) is 26.1. The van der Waals surface area contributed by atoms with Crippen LogP contribution in [-0.2, 0) is 18.9 Å². The lowest BCUT2D eigenvalue weighted by Gasteiger charge is -2.16. The zero-order valence-corrected chi connectivity index (χ0v) is 18.9. The molecule has 15 heteroatoms. The van der Waals surface area contributed by atoms with E-state index >= 15 is 0 Å². The van der Waals surface area contributed by atoms with Gasteiger partial charge in [-0.15, -0.1) is 0 Å². The number of rotatable bonds is 7. The standard InChI is InChI=1S/C21H21F6N7O2/c1-12(19-30-17(32-36-19)13-4-5-28-15(10-13)20(22,23)24)29-18(35)14-11-16(21(25,26)27)31-34(14)9-8-33-6-2-3-7-33/h4-5,10-12H,2-3,6-9H2,1H3,(H,29,35). The normalized spacial score (nSPS) is 15.9. The molecule has 1 amide bonds. The molecule has 194 valence electrons. The summed E-state index contributed by atoms with van der Waals surface area (Å²) >= 11 is 0. The molecule has 0 spiro atoms. The quantitative estimate of drug-likeness (QED) is 0.474. The van der Waals surface area contributed by atoms with Crippen LogP contribution in [0.3, 0.4) is 0 Å². The zero-order valence-electron chi connectivity index (χ0n) is 18.9. The average Bonchev–Trinajstić information content (AvgIpc) is 3.57. The Hall–Kier alpha value is -3.49. The molecular formula is C21H21F6N7O2. The molecule has 9 nitrogen and oxygen atoms in total. The van der Waals surface area contributed by atoms with Gasteiger partial charge in [-0.2, -0.15) is 36.4 Å². The molecule has 0 radical (unpaired) electrons. The summed E-state index contributed by atoms with van der Waals surface area (Å²) in [6, 6.07) is 1.71. The average molecular weight is 517 g/mol. The number of aromatic nitrogens is 5. The van der Waals surface area contributed by atoms with Gasteiger partial charge in [0.15, 0.2) is 5.69 Å². The van der Waals surface area contributed by atoms with Crippen LogP contribution < -0.4 is 5.32 Å². The Kier molecular flexibility index (Phi) is 7.02. The molecule has 36 heavy (non-hydrogen) atoms. The first-order chi connectivity index (χ1) is 16.9. The molecule has 0 saturated carbocycles. The van der Waals surface area contributed by atoms with Crippen LogP contribution in [-0.4, -0.2) is 55.3 Å². The number of likely N-dealkylation sites (tertiary alicyclic amines) is 1. The van der Waals surface area contributed by atoms with Gasteiger partial charge in [-0.25, -0.2) is 0 Å². The predicted molar refractivity (Wildman–Crippen MR) is 111 cm³/mol. The highest BCUT2D eigenvalue weighted by atomic mass is 19.4. The van der Waals surface area contributed by atoms with Crippen molar-refractivity contribution in [1.29, 1.82) is 0 Å². The van der Waals surface area contributed by atoms with E-state index in [2.05, 4.69) is 30.4 Å². The summed E-state index contributed by atoms with van der Waals surface area (Å²) in [4.78, 5) is 22.2. The van der Waals surface area contributed by atoms with E-state index in [-0.39, 0.29) is 29.5 Å². The summed E-state index contributed by atoms with van der Waals surface area (Å²) in [6.45, 7) is 3.62. The minimum Gasteiger partial charge on any atom is -0.339 e. The number of nitrogens with zero attached hydrogens (tertiary/aromatic N) is 6. The summed E-state index contributed by atoms with van der Waals surface area (Å²) < 4.78 is 84.6. The molecule has 1 N–H and O–H groups in total. The number of amides is 1. The maximum Gasteiger partial charge on any atom is 0.435 e. The fourth-order valence-electron chi connectivity index (χ4n) is 3.74. The van der Waals surface area contributed by atoms with Crippen LogP contribution in [0.15, 0.2) is 28.9 Å². The van der Waals surface area contributed by atoms with E-state index in [1.807, 2.05) is 0 Å². The van der Waals surface area contributed by atoms with Gasteiger partial charge in [0.05, 0.1) is 6.54 Å². The molecule has 1 aliphatic heterocycles. The van der Waals surface area contributed by atoms with Gasteiger partial charge >= 0.3 is 12.4 Å². The van der Waals surface area contributed by atoms with Crippen LogP contribution in [0, 0.1) is 0 Å². The van der Waals surface area contributed by atoms with Crippen molar-refractivity contribution in [2.75, 3.05) is 19.6 Å². The van der Waals surface area contributed by atoms with Crippen LogP contribution in [0.5, 0.6) is 0 Å². The third-order valence-corrected chi connectivity index (χ3v) is 5.60. The van der Waals surface area contributed by atoms with Gasteiger partial charge < -0.3 is 14.7 Å². The van der Waals surface area contributed by atoms with Crippen molar-refractivity contribution in [3.05, 3.63) is 47.4 Å². The second kappa shape index (κ2) is 9.87. The van der Waals surface area contributed by atoms with E-state index < -0.39 is 35.7 Å². The molecule has 1 fully saturated rings. The lowest BCUT2D eigenvalue weighted by atomic mass is 10.2. The summed E-state index contributed by atoms with van der Waals surface area (Å²) in [5, 5.41) is 9.68. The number of nitrogens with one attached hydrogen (secondary N) is 1. The smallest absolute Gasteiger partial charge is 0.339 e. The molecule has 1 atom stereocenters. The lowest BCUT2D eigenvalue weighted by molar-refractivity contribution is -0.142. The van der Waals surface area contributed by atoms with Gasteiger partial charge in [0.2, 0.25) is 11.7 Å². The lowest BCUT2D eigenvalue weighted by Crippen LogP contribution is -2.31. The van der Waals surface area contributed by atoms with Crippen LogP contribution in [0.2, 0.25) is 0 Å². The van der Waals surface area contributed by atoms with Crippen molar-refractivity contribution in [1.82, 2.24) is 35.1 Å². The summed E-state index contributed by atoms with van der Waals surface area (Å²) in [5.41, 5.74) is -2.65. The minimum absolute atomic E-state index is 0.0133. The maximum atomic E-state index is 13.3. The summed E-state index contributed by atoms with van der Waals surface area (Å²) in [7, 11) is 0. The van der Waals surface area contributed by atoms with Gasteiger partial charge in [-0.05, 0) is 45.0 Å². The van der Waals surface area contributed by atoms with Crippen LogP contribution in [0.4, 0.5) is 26.3 Å². The Balaban J connectivity index is 1.49. The van der Waals surface area contributed by atoms with E-state index in [1.54, 1.807) is 0 Å². The summed E-state index contributed by atoms with van der Waals surface area (Å²) in [6.07, 6.45) is -6.46. The Labute approximate surface area is 200 Å². The highest BCUT2D eigenvalue weighted by Gasteiger charge is 2.36. The van der Waals surface area contributed by atoms with Gasteiger partial charge in [-0.1, -0.05) is 5.16 Å². The molecular weight excluding hydrogens is 496 g/mol. The molecule has 1 saturated heterocycles.